The summed E-state index contributed by atoms with van der Waals surface area (Å²) >= 11 is 11.9. The topological polar surface area (TPSA) is 38.8 Å². The standard InChI is InChI=1S/C15H19Cl2NO3/c1-20-15(19)11-3-2-6-18(10-11)7-8-21-14-5-4-12(16)9-13(14)17/h4-5,9,11H,2-3,6-8,10H2,1H3. The van der Waals surface area contributed by atoms with E-state index < -0.39 is 0 Å². The third-order valence-corrected chi connectivity index (χ3v) is 4.13. The maximum absolute atomic E-state index is 11.6. The second kappa shape index (κ2) is 7.87. The van der Waals surface area contributed by atoms with Crippen LogP contribution in [0.1, 0.15) is 12.8 Å². The summed E-state index contributed by atoms with van der Waals surface area (Å²) in [7, 11) is 1.44. The zero-order valence-electron chi connectivity index (χ0n) is 12.0. The van der Waals surface area contributed by atoms with Crippen molar-refractivity contribution in [3.05, 3.63) is 28.2 Å². The van der Waals surface area contributed by atoms with Crippen LogP contribution in [-0.2, 0) is 9.53 Å². The summed E-state index contributed by atoms with van der Waals surface area (Å²) in [6.45, 7) is 2.98. The Hall–Kier alpha value is -0.970. The Labute approximate surface area is 134 Å². The van der Waals surface area contributed by atoms with Crippen molar-refractivity contribution < 1.29 is 14.3 Å². The molecule has 1 aromatic rings. The molecule has 1 aromatic carbocycles. The molecule has 0 aliphatic carbocycles. The van der Waals surface area contributed by atoms with E-state index in [1.54, 1.807) is 18.2 Å². The summed E-state index contributed by atoms with van der Waals surface area (Å²) in [6, 6.07) is 5.17. The summed E-state index contributed by atoms with van der Waals surface area (Å²) < 4.78 is 10.5. The smallest absolute Gasteiger partial charge is 0.309 e. The monoisotopic (exact) mass is 331 g/mol. The van der Waals surface area contributed by atoms with Gasteiger partial charge in [-0.25, -0.2) is 0 Å². The van der Waals surface area contributed by atoms with Crippen molar-refractivity contribution >= 4 is 29.2 Å². The van der Waals surface area contributed by atoms with E-state index >= 15 is 0 Å². The lowest BCUT2D eigenvalue weighted by Crippen LogP contribution is -2.41. The lowest BCUT2D eigenvalue weighted by molar-refractivity contribution is -0.147. The van der Waals surface area contributed by atoms with E-state index in [9.17, 15) is 4.79 Å². The van der Waals surface area contributed by atoms with Gasteiger partial charge >= 0.3 is 5.97 Å². The van der Waals surface area contributed by atoms with Gasteiger partial charge in [-0.2, -0.15) is 0 Å². The van der Waals surface area contributed by atoms with E-state index in [0.29, 0.717) is 22.4 Å². The molecule has 1 saturated heterocycles. The molecule has 0 aromatic heterocycles. The molecule has 0 amide bonds. The molecule has 21 heavy (non-hydrogen) atoms. The molecular weight excluding hydrogens is 313 g/mol. The number of nitrogens with zero attached hydrogens (tertiary/aromatic N) is 1. The van der Waals surface area contributed by atoms with Gasteiger partial charge in [-0.3, -0.25) is 9.69 Å². The molecule has 1 fully saturated rings. The van der Waals surface area contributed by atoms with Crippen molar-refractivity contribution in [2.75, 3.05) is 33.4 Å². The summed E-state index contributed by atoms with van der Waals surface area (Å²) in [5.41, 5.74) is 0. The van der Waals surface area contributed by atoms with Gasteiger partial charge in [0, 0.05) is 18.1 Å². The van der Waals surface area contributed by atoms with Crippen LogP contribution in [0.15, 0.2) is 18.2 Å². The predicted molar refractivity (Wildman–Crippen MR) is 83.1 cm³/mol. The summed E-state index contributed by atoms with van der Waals surface area (Å²) in [4.78, 5) is 13.8. The van der Waals surface area contributed by atoms with Gasteiger partial charge in [-0.1, -0.05) is 23.2 Å². The van der Waals surface area contributed by atoms with Crippen LogP contribution in [0.4, 0.5) is 0 Å². The highest BCUT2D eigenvalue weighted by molar-refractivity contribution is 6.35. The zero-order chi connectivity index (χ0) is 15.2. The number of benzene rings is 1. The van der Waals surface area contributed by atoms with E-state index in [1.807, 2.05) is 0 Å². The molecule has 0 N–H and O–H groups in total. The van der Waals surface area contributed by atoms with Crippen LogP contribution >= 0.6 is 23.2 Å². The minimum atomic E-state index is -0.124. The number of piperidine rings is 1. The largest absolute Gasteiger partial charge is 0.491 e. The second-order valence-electron chi connectivity index (χ2n) is 5.09. The fourth-order valence-electron chi connectivity index (χ4n) is 2.49. The minimum Gasteiger partial charge on any atom is -0.491 e. The lowest BCUT2D eigenvalue weighted by Gasteiger charge is -2.31. The highest BCUT2D eigenvalue weighted by Crippen LogP contribution is 2.27. The summed E-state index contributed by atoms with van der Waals surface area (Å²) in [6.07, 6.45) is 1.90. The number of rotatable bonds is 5. The number of ether oxygens (including phenoxy) is 2. The van der Waals surface area contributed by atoms with E-state index in [1.165, 1.54) is 7.11 Å². The molecule has 116 valence electrons. The summed E-state index contributed by atoms with van der Waals surface area (Å²) in [5, 5.41) is 1.10. The molecule has 1 unspecified atom stereocenters. The van der Waals surface area contributed by atoms with Crippen LogP contribution in [0.2, 0.25) is 10.0 Å². The number of esters is 1. The maximum atomic E-state index is 11.6. The van der Waals surface area contributed by atoms with Crippen LogP contribution in [0, 0.1) is 5.92 Å². The molecule has 6 heteroatoms. The van der Waals surface area contributed by atoms with Gasteiger partial charge in [0.2, 0.25) is 0 Å². The van der Waals surface area contributed by atoms with Crippen LogP contribution in [0.25, 0.3) is 0 Å². The molecule has 1 aliphatic heterocycles. The second-order valence-corrected chi connectivity index (χ2v) is 5.93. The highest BCUT2D eigenvalue weighted by atomic mass is 35.5. The molecule has 0 bridgehead atoms. The number of hydrogen-bond acceptors (Lipinski definition) is 4. The van der Waals surface area contributed by atoms with Gasteiger partial charge in [0.1, 0.15) is 12.4 Å². The van der Waals surface area contributed by atoms with Gasteiger partial charge < -0.3 is 9.47 Å². The Morgan fingerprint density at radius 3 is 2.95 bits per heavy atom. The molecule has 1 atom stereocenters. The number of hydrogen-bond donors (Lipinski definition) is 0. The molecule has 0 saturated carbocycles. The fourth-order valence-corrected chi connectivity index (χ4v) is 2.96. The van der Waals surface area contributed by atoms with Gasteiger partial charge in [-0.05, 0) is 37.6 Å². The number of likely N-dealkylation sites (tertiary alicyclic amines) is 1. The molecular formula is C15H19Cl2NO3. The van der Waals surface area contributed by atoms with Crippen LogP contribution in [-0.4, -0.2) is 44.2 Å². The van der Waals surface area contributed by atoms with Crippen molar-refractivity contribution in [1.29, 1.82) is 0 Å². The number of carbonyl (C=O) groups excluding carboxylic acids is 1. The highest BCUT2D eigenvalue weighted by Gasteiger charge is 2.26. The van der Waals surface area contributed by atoms with E-state index in [4.69, 9.17) is 32.7 Å². The van der Waals surface area contributed by atoms with E-state index in [2.05, 4.69) is 4.90 Å². The predicted octanol–water partition coefficient (Wildman–Crippen LogP) is 3.26. The van der Waals surface area contributed by atoms with Crippen molar-refractivity contribution in [3.8, 4) is 5.75 Å². The van der Waals surface area contributed by atoms with Crippen LogP contribution in [0.3, 0.4) is 0 Å². The molecule has 4 nitrogen and oxygen atoms in total. The van der Waals surface area contributed by atoms with Crippen molar-refractivity contribution in [3.63, 3.8) is 0 Å². The van der Waals surface area contributed by atoms with Crippen molar-refractivity contribution in [2.24, 2.45) is 5.92 Å². The van der Waals surface area contributed by atoms with Crippen LogP contribution in [0.5, 0.6) is 5.75 Å². The zero-order valence-corrected chi connectivity index (χ0v) is 13.5. The molecule has 1 heterocycles. The average Bonchev–Trinajstić information content (AvgIpc) is 2.49. The van der Waals surface area contributed by atoms with E-state index in [-0.39, 0.29) is 11.9 Å². The lowest BCUT2D eigenvalue weighted by atomic mass is 9.98. The Morgan fingerprint density at radius 1 is 1.43 bits per heavy atom. The first kappa shape index (κ1) is 16.4. The molecule has 2 rings (SSSR count). The Bertz CT molecular complexity index is 496. The van der Waals surface area contributed by atoms with Crippen molar-refractivity contribution in [2.45, 2.75) is 12.8 Å². The number of halogens is 2. The normalized spacial score (nSPS) is 19.3. The first-order chi connectivity index (χ1) is 10.1. The SMILES string of the molecule is COC(=O)C1CCCN(CCOc2ccc(Cl)cc2Cl)C1. The van der Waals surface area contributed by atoms with E-state index in [0.717, 1.165) is 32.5 Å². The van der Waals surface area contributed by atoms with Gasteiger partial charge in [0.05, 0.1) is 18.1 Å². The molecule has 1 aliphatic rings. The number of carbonyl (C=O) groups is 1. The minimum absolute atomic E-state index is 0.0251. The van der Waals surface area contributed by atoms with Gasteiger partial charge in [-0.15, -0.1) is 0 Å². The van der Waals surface area contributed by atoms with Crippen LogP contribution < -0.4 is 4.74 Å². The van der Waals surface area contributed by atoms with Gasteiger partial charge in [0.15, 0.2) is 0 Å². The van der Waals surface area contributed by atoms with Crippen molar-refractivity contribution in [1.82, 2.24) is 4.90 Å². The Morgan fingerprint density at radius 2 is 2.24 bits per heavy atom. The molecule has 0 radical (unpaired) electrons. The third-order valence-electron chi connectivity index (χ3n) is 3.60. The first-order valence-corrected chi connectivity index (χ1v) is 7.74. The maximum Gasteiger partial charge on any atom is 0.309 e. The molecule has 0 spiro atoms. The summed E-state index contributed by atoms with van der Waals surface area (Å²) in [5.74, 6) is 0.479. The first-order valence-electron chi connectivity index (χ1n) is 6.98. The average molecular weight is 332 g/mol. The number of methoxy groups -OCH3 is 1. The van der Waals surface area contributed by atoms with Gasteiger partial charge in [0.25, 0.3) is 0 Å². The third kappa shape index (κ3) is 4.77. The fraction of sp³-hybridized carbons (Fsp3) is 0.533. The Kier molecular flexibility index (Phi) is 6.15. The Balaban J connectivity index is 1.79. The quantitative estimate of drug-likeness (QED) is 0.776.